The Hall–Kier alpha value is -2.42. The van der Waals surface area contributed by atoms with Crippen LogP contribution in [0.4, 0.5) is 4.39 Å². The van der Waals surface area contributed by atoms with Gasteiger partial charge in [-0.25, -0.2) is 4.39 Å². The highest BCUT2D eigenvalue weighted by Gasteiger charge is 2.26. The van der Waals surface area contributed by atoms with E-state index < -0.39 is 5.56 Å². The van der Waals surface area contributed by atoms with E-state index in [1.54, 1.807) is 12.1 Å². The van der Waals surface area contributed by atoms with E-state index in [1.807, 2.05) is 4.90 Å². The molecule has 1 fully saturated rings. The topological polar surface area (TPSA) is 94.1 Å². The predicted octanol–water partition coefficient (Wildman–Crippen LogP) is 2.25. The van der Waals surface area contributed by atoms with Crippen molar-refractivity contribution in [1.82, 2.24) is 19.8 Å². The van der Waals surface area contributed by atoms with Crippen LogP contribution < -0.4 is 11.4 Å². The Morgan fingerprint density at radius 3 is 2.61 bits per heavy atom. The summed E-state index contributed by atoms with van der Waals surface area (Å²) in [5.41, 5.74) is 0.662. The molecule has 28 heavy (non-hydrogen) atoms. The minimum Gasteiger partial charge on any atom is -0.335 e. The lowest BCUT2D eigenvalue weighted by atomic mass is 9.94. The van der Waals surface area contributed by atoms with Gasteiger partial charge < -0.3 is 10.7 Å². The van der Waals surface area contributed by atoms with Crippen molar-refractivity contribution in [2.24, 2.45) is 0 Å². The first kappa shape index (κ1) is 20.3. The normalized spacial score (nSPS) is 14.8. The summed E-state index contributed by atoms with van der Waals surface area (Å²) in [5, 5.41) is 7.90. The maximum atomic E-state index is 13.2. The first-order valence-electron chi connectivity index (χ1n) is 9.34. The number of carbonyl (C=O) groups is 1. The van der Waals surface area contributed by atoms with Gasteiger partial charge in [-0.15, -0.1) is 10.2 Å². The molecule has 1 heterocycles. The lowest BCUT2D eigenvalue weighted by Crippen LogP contribution is -2.42. The highest BCUT2D eigenvalue weighted by atomic mass is 32.2. The van der Waals surface area contributed by atoms with E-state index in [2.05, 4.69) is 10.2 Å². The van der Waals surface area contributed by atoms with E-state index in [4.69, 9.17) is 5.84 Å². The Bertz CT molecular complexity index is 881. The van der Waals surface area contributed by atoms with Crippen molar-refractivity contribution in [3.8, 4) is 0 Å². The van der Waals surface area contributed by atoms with Crippen LogP contribution in [0.5, 0.6) is 0 Å². The second-order valence-electron chi connectivity index (χ2n) is 6.97. The Balaban J connectivity index is 1.73. The predicted molar refractivity (Wildman–Crippen MR) is 106 cm³/mol. The number of aromatic nitrogens is 3. The molecule has 0 spiro atoms. The van der Waals surface area contributed by atoms with E-state index in [9.17, 15) is 14.0 Å². The fourth-order valence-corrected chi connectivity index (χ4v) is 4.12. The van der Waals surface area contributed by atoms with E-state index >= 15 is 0 Å². The van der Waals surface area contributed by atoms with Crippen LogP contribution in [-0.4, -0.2) is 37.5 Å². The summed E-state index contributed by atoms with van der Waals surface area (Å²) in [6.45, 7) is 1.96. The molecule has 7 nitrogen and oxygen atoms in total. The molecule has 0 saturated heterocycles. The highest BCUT2D eigenvalue weighted by Crippen LogP contribution is 2.25. The zero-order chi connectivity index (χ0) is 20.1. The molecule has 0 atom stereocenters. The van der Waals surface area contributed by atoms with E-state index in [-0.39, 0.29) is 34.4 Å². The van der Waals surface area contributed by atoms with Gasteiger partial charge in [-0.05, 0) is 37.5 Å². The second kappa shape index (κ2) is 9.18. The van der Waals surface area contributed by atoms with Crippen LogP contribution in [0.25, 0.3) is 0 Å². The monoisotopic (exact) mass is 405 g/mol. The quantitative estimate of drug-likeness (QED) is 0.585. The standard InChI is InChI=1S/C19H24FN5O2S/c1-13-18(27)25(21)19(23-22-13)28-12-17(26)24(16-5-3-2-4-6-16)11-14-7-9-15(20)10-8-14/h7-10,16H,2-6,11-12,21H2,1H3. The van der Waals surface area contributed by atoms with Gasteiger partial charge in [-0.2, -0.15) is 4.68 Å². The molecule has 1 amide bonds. The van der Waals surface area contributed by atoms with Crippen LogP contribution in [-0.2, 0) is 11.3 Å². The van der Waals surface area contributed by atoms with Gasteiger partial charge in [0.1, 0.15) is 11.5 Å². The number of hydrogen-bond donors (Lipinski definition) is 1. The minimum atomic E-state index is -0.430. The first-order chi connectivity index (χ1) is 13.5. The minimum absolute atomic E-state index is 0.0592. The van der Waals surface area contributed by atoms with E-state index in [0.717, 1.165) is 47.7 Å². The molecule has 0 bridgehead atoms. The number of nitrogens with zero attached hydrogens (tertiary/aromatic N) is 4. The van der Waals surface area contributed by atoms with Crippen LogP contribution in [0.3, 0.4) is 0 Å². The third-order valence-electron chi connectivity index (χ3n) is 4.95. The zero-order valence-electron chi connectivity index (χ0n) is 15.8. The van der Waals surface area contributed by atoms with E-state index in [0.29, 0.717) is 6.54 Å². The fraction of sp³-hybridized carbons (Fsp3) is 0.474. The number of benzene rings is 1. The smallest absolute Gasteiger partial charge is 0.294 e. The summed E-state index contributed by atoms with van der Waals surface area (Å²) < 4.78 is 14.1. The number of carbonyl (C=O) groups excluding carboxylic acids is 1. The Morgan fingerprint density at radius 2 is 1.93 bits per heavy atom. The number of nitrogen functional groups attached to an aromatic ring is 1. The van der Waals surface area contributed by atoms with Crippen molar-refractivity contribution in [3.05, 3.63) is 51.7 Å². The van der Waals surface area contributed by atoms with Crippen molar-refractivity contribution in [1.29, 1.82) is 0 Å². The number of halogens is 1. The van der Waals surface area contributed by atoms with Gasteiger partial charge in [0, 0.05) is 12.6 Å². The lowest BCUT2D eigenvalue weighted by Gasteiger charge is -2.34. The number of nitrogens with two attached hydrogens (primary N) is 1. The number of aryl methyl sites for hydroxylation is 1. The molecule has 2 aromatic rings. The third-order valence-corrected chi connectivity index (χ3v) is 5.87. The molecule has 0 unspecified atom stereocenters. The summed E-state index contributed by atoms with van der Waals surface area (Å²) in [5.74, 6) is 5.49. The Kier molecular flexibility index (Phi) is 6.66. The second-order valence-corrected chi connectivity index (χ2v) is 7.91. The summed E-state index contributed by atoms with van der Waals surface area (Å²) in [4.78, 5) is 26.7. The van der Waals surface area contributed by atoms with Crippen LogP contribution in [0.2, 0.25) is 0 Å². The lowest BCUT2D eigenvalue weighted by molar-refractivity contribution is -0.132. The fourth-order valence-electron chi connectivity index (χ4n) is 3.38. The van der Waals surface area contributed by atoms with Crippen molar-refractivity contribution in [3.63, 3.8) is 0 Å². The van der Waals surface area contributed by atoms with Crippen molar-refractivity contribution in [2.45, 2.75) is 56.8 Å². The van der Waals surface area contributed by atoms with Crippen molar-refractivity contribution in [2.75, 3.05) is 11.6 Å². The van der Waals surface area contributed by atoms with Gasteiger partial charge in [0.2, 0.25) is 11.1 Å². The summed E-state index contributed by atoms with van der Waals surface area (Å²) in [6, 6.07) is 6.38. The SMILES string of the molecule is Cc1nnc(SCC(=O)N(Cc2ccc(F)cc2)C2CCCCC2)n(N)c1=O. The van der Waals surface area contributed by atoms with Crippen LogP contribution in [0.1, 0.15) is 43.4 Å². The van der Waals surface area contributed by atoms with Gasteiger partial charge in [-0.3, -0.25) is 9.59 Å². The molecule has 1 aromatic heterocycles. The van der Waals surface area contributed by atoms with Crippen molar-refractivity contribution < 1.29 is 9.18 Å². The largest absolute Gasteiger partial charge is 0.335 e. The molecule has 3 rings (SSSR count). The molecule has 1 aliphatic rings. The molecule has 1 aromatic carbocycles. The molecule has 9 heteroatoms. The summed E-state index contributed by atoms with van der Waals surface area (Å²) in [6.07, 6.45) is 5.29. The third kappa shape index (κ3) is 4.89. The summed E-state index contributed by atoms with van der Waals surface area (Å²) in [7, 11) is 0. The van der Waals surface area contributed by atoms with Gasteiger partial charge in [0.05, 0.1) is 5.75 Å². The first-order valence-corrected chi connectivity index (χ1v) is 10.3. The van der Waals surface area contributed by atoms with Crippen molar-refractivity contribution >= 4 is 17.7 Å². The Labute approximate surface area is 167 Å². The number of thioether (sulfide) groups is 1. The van der Waals surface area contributed by atoms with Crippen LogP contribution in [0.15, 0.2) is 34.2 Å². The molecule has 1 saturated carbocycles. The van der Waals surface area contributed by atoms with Gasteiger partial charge in [0.25, 0.3) is 5.56 Å². The summed E-state index contributed by atoms with van der Waals surface area (Å²) >= 11 is 1.10. The average molecular weight is 405 g/mol. The molecule has 2 N–H and O–H groups in total. The van der Waals surface area contributed by atoms with Gasteiger partial charge in [0.15, 0.2) is 0 Å². The average Bonchev–Trinajstić information content (AvgIpc) is 2.71. The molecule has 1 aliphatic carbocycles. The Morgan fingerprint density at radius 1 is 1.25 bits per heavy atom. The molecule has 0 aliphatic heterocycles. The maximum absolute atomic E-state index is 13.2. The highest BCUT2D eigenvalue weighted by molar-refractivity contribution is 7.99. The molecular formula is C19H24FN5O2S. The zero-order valence-corrected chi connectivity index (χ0v) is 16.6. The maximum Gasteiger partial charge on any atom is 0.294 e. The molecular weight excluding hydrogens is 381 g/mol. The molecule has 0 radical (unpaired) electrons. The van der Waals surface area contributed by atoms with Crippen LogP contribution >= 0.6 is 11.8 Å². The van der Waals surface area contributed by atoms with Gasteiger partial charge in [-0.1, -0.05) is 43.2 Å². The van der Waals surface area contributed by atoms with Crippen LogP contribution in [0, 0.1) is 12.7 Å². The van der Waals surface area contributed by atoms with E-state index in [1.165, 1.54) is 25.5 Å². The number of amides is 1. The molecule has 150 valence electrons. The van der Waals surface area contributed by atoms with Gasteiger partial charge >= 0.3 is 0 Å². The number of rotatable bonds is 6. The number of hydrogen-bond acceptors (Lipinski definition) is 6.